The van der Waals surface area contributed by atoms with Crippen LogP contribution in [0.25, 0.3) is 0 Å². The number of halogens is 4. The Morgan fingerprint density at radius 3 is 2.74 bits per heavy atom. The maximum absolute atomic E-state index is 13.4. The lowest BCUT2D eigenvalue weighted by Crippen LogP contribution is -2.10. The van der Waals surface area contributed by atoms with Crippen LogP contribution in [0.4, 0.5) is 14.5 Å². The molecule has 9 heteroatoms. The van der Waals surface area contributed by atoms with Crippen molar-refractivity contribution in [2.24, 2.45) is 0 Å². The number of rotatable bonds is 5. The van der Waals surface area contributed by atoms with Gasteiger partial charge in [0.1, 0.15) is 15.9 Å². The zero-order valence-corrected chi connectivity index (χ0v) is 13.8. The van der Waals surface area contributed by atoms with E-state index >= 15 is 0 Å². The number of carbonyl (C=O) groups excluding carboxylic acids is 1. The van der Waals surface area contributed by atoms with Gasteiger partial charge in [0.05, 0.1) is 5.69 Å². The maximum Gasteiger partial charge on any atom is 0.238 e. The van der Waals surface area contributed by atoms with Crippen LogP contribution in [0, 0.1) is 11.8 Å². The number of aromatic nitrogens is 1. The zero-order chi connectivity index (χ0) is 17.0. The molecule has 0 radical (unpaired) electrons. The van der Waals surface area contributed by atoms with Crippen LogP contribution in [0.1, 0.15) is 5.56 Å². The average molecular weight is 379 g/mol. The van der Waals surface area contributed by atoms with E-state index in [4.69, 9.17) is 33.7 Å². The van der Waals surface area contributed by atoms with E-state index in [1.54, 1.807) is 12.1 Å². The van der Waals surface area contributed by atoms with Crippen molar-refractivity contribution in [1.29, 1.82) is 0 Å². The van der Waals surface area contributed by atoms with Gasteiger partial charge in [-0.2, -0.15) is 9.37 Å². The quantitative estimate of drug-likeness (QED) is 0.793. The highest BCUT2D eigenvalue weighted by molar-refractivity contribution is 8.13. The summed E-state index contributed by atoms with van der Waals surface area (Å²) in [5, 5.41) is -0.936. The maximum atomic E-state index is 13.4. The lowest BCUT2D eigenvalue weighted by molar-refractivity contribution is -0.112. The minimum absolute atomic E-state index is 0.167. The molecule has 0 unspecified atom stereocenters. The topological polar surface area (TPSA) is 65.2 Å². The minimum atomic E-state index is -1.04. The van der Waals surface area contributed by atoms with Gasteiger partial charge in [0.25, 0.3) is 0 Å². The van der Waals surface area contributed by atoms with E-state index in [2.05, 4.69) is 4.98 Å². The van der Waals surface area contributed by atoms with Crippen LogP contribution in [-0.4, -0.2) is 16.7 Å². The SMILES string of the molecule is Nc1c(Cl)c(F)nc(OCC(=O)SCc2cccc(F)c2)c1Cl. The van der Waals surface area contributed by atoms with E-state index in [-0.39, 0.29) is 33.3 Å². The Hall–Kier alpha value is -1.57. The average Bonchev–Trinajstić information content (AvgIpc) is 2.53. The first-order chi connectivity index (χ1) is 10.9. The summed E-state index contributed by atoms with van der Waals surface area (Å²) in [5.74, 6) is -1.46. The lowest BCUT2D eigenvalue weighted by Gasteiger charge is -2.09. The molecule has 122 valence electrons. The van der Waals surface area contributed by atoms with Gasteiger partial charge in [-0.1, -0.05) is 47.1 Å². The molecule has 2 aromatic rings. The second-order valence-electron chi connectivity index (χ2n) is 4.33. The van der Waals surface area contributed by atoms with Crippen LogP contribution in [-0.2, 0) is 10.5 Å². The minimum Gasteiger partial charge on any atom is -0.467 e. The van der Waals surface area contributed by atoms with E-state index in [0.717, 1.165) is 11.8 Å². The van der Waals surface area contributed by atoms with Crippen molar-refractivity contribution in [1.82, 2.24) is 4.98 Å². The molecular formula is C14H10Cl2F2N2O2S. The summed E-state index contributed by atoms with van der Waals surface area (Å²) in [7, 11) is 0. The van der Waals surface area contributed by atoms with Crippen molar-refractivity contribution in [2.45, 2.75) is 5.75 Å². The predicted molar refractivity (Wildman–Crippen MR) is 86.8 cm³/mol. The summed E-state index contributed by atoms with van der Waals surface area (Å²) in [6.45, 7) is -0.396. The Bertz CT molecular complexity index is 747. The van der Waals surface area contributed by atoms with Gasteiger partial charge >= 0.3 is 0 Å². The van der Waals surface area contributed by atoms with Gasteiger partial charge in [0.15, 0.2) is 6.61 Å². The van der Waals surface area contributed by atoms with Crippen LogP contribution < -0.4 is 10.5 Å². The molecule has 23 heavy (non-hydrogen) atoms. The van der Waals surface area contributed by atoms with Crippen LogP contribution >= 0.6 is 35.0 Å². The number of nitrogens with two attached hydrogens (primary N) is 1. The van der Waals surface area contributed by atoms with Crippen molar-refractivity contribution in [3.8, 4) is 5.88 Å². The Kier molecular flexibility index (Phi) is 6.04. The lowest BCUT2D eigenvalue weighted by atomic mass is 10.2. The molecule has 1 heterocycles. The van der Waals surface area contributed by atoms with Crippen LogP contribution in [0.15, 0.2) is 24.3 Å². The second kappa shape index (κ2) is 7.81. The van der Waals surface area contributed by atoms with E-state index in [1.165, 1.54) is 12.1 Å². The number of benzene rings is 1. The summed E-state index contributed by atoms with van der Waals surface area (Å²) in [5.41, 5.74) is 5.93. The third kappa shape index (κ3) is 4.70. The zero-order valence-electron chi connectivity index (χ0n) is 11.5. The van der Waals surface area contributed by atoms with Gasteiger partial charge < -0.3 is 10.5 Å². The number of anilines is 1. The smallest absolute Gasteiger partial charge is 0.238 e. The van der Waals surface area contributed by atoms with Gasteiger partial charge in [0.2, 0.25) is 16.9 Å². The van der Waals surface area contributed by atoms with Crippen LogP contribution in [0.5, 0.6) is 5.88 Å². The number of pyridine rings is 1. The molecule has 0 atom stereocenters. The molecule has 2 rings (SSSR count). The fourth-order valence-electron chi connectivity index (χ4n) is 1.57. The fourth-order valence-corrected chi connectivity index (χ4v) is 2.59. The molecule has 0 bridgehead atoms. The highest BCUT2D eigenvalue weighted by atomic mass is 35.5. The highest BCUT2D eigenvalue weighted by Crippen LogP contribution is 2.35. The molecule has 0 spiro atoms. The third-order valence-corrected chi connectivity index (χ3v) is 4.30. The van der Waals surface area contributed by atoms with Crippen molar-refractivity contribution in [3.05, 3.63) is 51.6 Å². The number of carbonyl (C=O) groups is 1. The van der Waals surface area contributed by atoms with Crippen molar-refractivity contribution in [2.75, 3.05) is 12.3 Å². The van der Waals surface area contributed by atoms with E-state index in [1.807, 2.05) is 0 Å². The van der Waals surface area contributed by atoms with E-state index in [9.17, 15) is 13.6 Å². The Balaban J connectivity index is 1.92. The first-order valence-corrected chi connectivity index (χ1v) is 7.95. The number of nitrogen functional groups attached to an aromatic ring is 1. The molecule has 0 saturated heterocycles. The van der Waals surface area contributed by atoms with Gasteiger partial charge in [0, 0.05) is 5.75 Å². The molecule has 1 aromatic carbocycles. The van der Waals surface area contributed by atoms with Crippen molar-refractivity contribution >= 4 is 45.8 Å². The molecule has 0 aliphatic carbocycles. The van der Waals surface area contributed by atoms with E-state index < -0.39 is 17.6 Å². The highest BCUT2D eigenvalue weighted by Gasteiger charge is 2.17. The summed E-state index contributed by atoms with van der Waals surface area (Å²) < 4.78 is 31.4. The summed E-state index contributed by atoms with van der Waals surface area (Å²) in [4.78, 5) is 15.1. The van der Waals surface area contributed by atoms with Gasteiger partial charge in [-0.05, 0) is 17.7 Å². The van der Waals surface area contributed by atoms with Crippen molar-refractivity contribution in [3.63, 3.8) is 0 Å². The fraction of sp³-hybridized carbons (Fsp3) is 0.143. The number of hydrogen-bond donors (Lipinski definition) is 1. The van der Waals surface area contributed by atoms with Gasteiger partial charge in [-0.15, -0.1) is 0 Å². The van der Waals surface area contributed by atoms with Gasteiger partial charge in [-0.3, -0.25) is 4.79 Å². The normalized spacial score (nSPS) is 10.6. The number of nitrogens with zero attached hydrogens (tertiary/aromatic N) is 1. The van der Waals surface area contributed by atoms with Gasteiger partial charge in [-0.25, -0.2) is 4.39 Å². The molecule has 4 nitrogen and oxygen atoms in total. The molecule has 2 N–H and O–H groups in total. The first-order valence-electron chi connectivity index (χ1n) is 6.21. The summed E-state index contributed by atoms with van der Waals surface area (Å²) in [6.07, 6.45) is 0. The molecule has 1 aromatic heterocycles. The number of thioether (sulfide) groups is 1. The van der Waals surface area contributed by atoms with Crippen LogP contribution in [0.3, 0.4) is 0 Å². The molecule has 0 saturated carbocycles. The van der Waals surface area contributed by atoms with Crippen molar-refractivity contribution < 1.29 is 18.3 Å². The molecular weight excluding hydrogens is 369 g/mol. The first kappa shape index (κ1) is 17.8. The summed E-state index contributed by atoms with van der Waals surface area (Å²) >= 11 is 12.3. The van der Waals surface area contributed by atoms with Crippen LogP contribution in [0.2, 0.25) is 10.0 Å². The largest absolute Gasteiger partial charge is 0.467 e. The monoisotopic (exact) mass is 378 g/mol. The molecule has 0 amide bonds. The predicted octanol–water partition coefficient (Wildman–Crippen LogP) is 4.09. The van der Waals surface area contributed by atoms with E-state index in [0.29, 0.717) is 5.56 Å². The Labute approximate surface area is 144 Å². The standard InChI is InChI=1S/C14H10Cl2F2N2O2S/c15-10-12(19)11(16)14(20-13(10)18)22-5-9(21)23-6-7-2-1-3-8(17)4-7/h1-4H,5-6H2,(H2,19,20). The molecule has 0 aliphatic heterocycles. The number of hydrogen-bond acceptors (Lipinski definition) is 5. The number of ether oxygens (including phenoxy) is 1. The Morgan fingerprint density at radius 1 is 1.30 bits per heavy atom. The molecule has 0 aliphatic rings. The Morgan fingerprint density at radius 2 is 2.04 bits per heavy atom. The second-order valence-corrected chi connectivity index (χ2v) is 6.12. The molecule has 0 fully saturated rings. The third-order valence-electron chi connectivity index (χ3n) is 2.66. The summed E-state index contributed by atoms with van der Waals surface area (Å²) in [6, 6.07) is 5.88.